The highest BCUT2D eigenvalue weighted by molar-refractivity contribution is 7.09. The fourth-order valence-corrected chi connectivity index (χ4v) is 3.47. The van der Waals surface area contributed by atoms with Gasteiger partial charge in [-0.05, 0) is 44.5 Å². The van der Waals surface area contributed by atoms with Gasteiger partial charge in [-0.1, -0.05) is 12.1 Å². The minimum atomic E-state index is -0.298. The van der Waals surface area contributed by atoms with Gasteiger partial charge in [0.1, 0.15) is 10.7 Å². The molecule has 0 aliphatic rings. The van der Waals surface area contributed by atoms with E-state index in [0.29, 0.717) is 22.8 Å². The van der Waals surface area contributed by atoms with Crippen LogP contribution in [0.15, 0.2) is 48.1 Å². The SMILES string of the molecule is CC(C)NC(=O)c1csc([C@H](C)NC(=O)c2cccc(Cn3cccn3)c2)n1. The summed E-state index contributed by atoms with van der Waals surface area (Å²) in [6.07, 6.45) is 3.60. The number of carbonyl (C=O) groups excluding carboxylic acids is 2. The maximum Gasteiger partial charge on any atom is 0.270 e. The second kappa shape index (κ2) is 8.79. The van der Waals surface area contributed by atoms with Gasteiger partial charge in [0.15, 0.2) is 0 Å². The molecule has 0 bridgehead atoms. The van der Waals surface area contributed by atoms with Gasteiger partial charge in [0, 0.05) is 29.4 Å². The molecular formula is C20H23N5O2S. The van der Waals surface area contributed by atoms with Crippen LogP contribution in [0.4, 0.5) is 0 Å². The molecule has 2 N–H and O–H groups in total. The smallest absolute Gasteiger partial charge is 0.270 e. The summed E-state index contributed by atoms with van der Waals surface area (Å²) in [5.74, 6) is -0.388. The van der Waals surface area contributed by atoms with E-state index in [1.165, 1.54) is 11.3 Å². The second-order valence-corrected chi connectivity index (χ2v) is 7.69. The lowest BCUT2D eigenvalue weighted by atomic mass is 10.1. The van der Waals surface area contributed by atoms with Crippen molar-refractivity contribution in [3.8, 4) is 0 Å². The number of aromatic nitrogens is 3. The molecule has 2 aromatic heterocycles. The third-order valence-electron chi connectivity index (χ3n) is 3.99. The third kappa shape index (κ3) is 5.04. The molecule has 2 amide bonds. The zero-order valence-corrected chi connectivity index (χ0v) is 16.9. The van der Waals surface area contributed by atoms with Crippen LogP contribution in [0, 0.1) is 0 Å². The van der Waals surface area contributed by atoms with Crippen LogP contribution in [0.1, 0.15) is 58.2 Å². The van der Waals surface area contributed by atoms with Crippen LogP contribution in [0.3, 0.4) is 0 Å². The van der Waals surface area contributed by atoms with Crippen LogP contribution in [0.5, 0.6) is 0 Å². The Labute approximate surface area is 167 Å². The van der Waals surface area contributed by atoms with Crippen molar-refractivity contribution in [3.05, 3.63) is 69.9 Å². The second-order valence-electron chi connectivity index (χ2n) is 6.80. The molecule has 0 radical (unpaired) electrons. The molecule has 0 unspecified atom stereocenters. The van der Waals surface area contributed by atoms with E-state index in [1.54, 1.807) is 22.3 Å². The van der Waals surface area contributed by atoms with E-state index in [2.05, 4.69) is 20.7 Å². The fraction of sp³-hybridized carbons (Fsp3) is 0.300. The van der Waals surface area contributed by atoms with Gasteiger partial charge in [-0.3, -0.25) is 14.3 Å². The van der Waals surface area contributed by atoms with Gasteiger partial charge in [0.05, 0.1) is 12.6 Å². The molecule has 8 heteroatoms. The molecule has 1 aromatic carbocycles. The summed E-state index contributed by atoms with van der Waals surface area (Å²) in [5, 5.41) is 12.3. The Morgan fingerprint density at radius 2 is 1.96 bits per heavy atom. The molecule has 2 heterocycles. The number of carbonyl (C=O) groups is 2. The van der Waals surface area contributed by atoms with E-state index in [9.17, 15) is 9.59 Å². The first-order valence-electron chi connectivity index (χ1n) is 9.06. The van der Waals surface area contributed by atoms with Crippen molar-refractivity contribution in [2.75, 3.05) is 0 Å². The van der Waals surface area contributed by atoms with Crippen LogP contribution in [0.2, 0.25) is 0 Å². The highest BCUT2D eigenvalue weighted by Crippen LogP contribution is 2.19. The van der Waals surface area contributed by atoms with Crippen molar-refractivity contribution in [1.29, 1.82) is 0 Å². The Hall–Kier alpha value is -3.00. The zero-order valence-electron chi connectivity index (χ0n) is 16.0. The summed E-state index contributed by atoms with van der Waals surface area (Å²) < 4.78 is 1.80. The van der Waals surface area contributed by atoms with Gasteiger partial charge in [-0.25, -0.2) is 4.98 Å². The van der Waals surface area contributed by atoms with E-state index in [-0.39, 0.29) is 23.9 Å². The summed E-state index contributed by atoms with van der Waals surface area (Å²) >= 11 is 1.36. The first-order chi connectivity index (χ1) is 13.4. The number of hydrogen-bond donors (Lipinski definition) is 2. The third-order valence-corrected chi connectivity index (χ3v) is 5.01. The number of thiazole rings is 1. The van der Waals surface area contributed by atoms with Gasteiger partial charge < -0.3 is 10.6 Å². The van der Waals surface area contributed by atoms with Crippen LogP contribution < -0.4 is 10.6 Å². The molecule has 7 nitrogen and oxygen atoms in total. The van der Waals surface area contributed by atoms with Gasteiger partial charge >= 0.3 is 0 Å². The molecule has 146 valence electrons. The molecule has 3 rings (SSSR count). The lowest BCUT2D eigenvalue weighted by Crippen LogP contribution is -2.30. The monoisotopic (exact) mass is 397 g/mol. The molecule has 3 aromatic rings. The van der Waals surface area contributed by atoms with Crippen molar-refractivity contribution >= 4 is 23.2 Å². The van der Waals surface area contributed by atoms with E-state index in [1.807, 2.05) is 51.2 Å². The molecule has 28 heavy (non-hydrogen) atoms. The highest BCUT2D eigenvalue weighted by Gasteiger charge is 2.18. The fourth-order valence-electron chi connectivity index (χ4n) is 2.66. The molecule has 0 aliphatic carbocycles. The van der Waals surface area contributed by atoms with Gasteiger partial charge in [0.25, 0.3) is 11.8 Å². The number of benzene rings is 1. The molecule has 0 spiro atoms. The van der Waals surface area contributed by atoms with Crippen LogP contribution in [0.25, 0.3) is 0 Å². The molecular weight excluding hydrogens is 374 g/mol. The number of nitrogens with zero attached hydrogens (tertiary/aromatic N) is 3. The Bertz CT molecular complexity index is 949. The maximum absolute atomic E-state index is 12.6. The van der Waals surface area contributed by atoms with E-state index in [0.717, 1.165) is 5.56 Å². The van der Waals surface area contributed by atoms with E-state index in [4.69, 9.17) is 0 Å². The number of rotatable bonds is 7. The van der Waals surface area contributed by atoms with Crippen molar-refractivity contribution in [1.82, 2.24) is 25.4 Å². The van der Waals surface area contributed by atoms with Crippen molar-refractivity contribution in [3.63, 3.8) is 0 Å². The lowest BCUT2D eigenvalue weighted by molar-refractivity contribution is 0.0934. The normalized spacial score (nSPS) is 12.0. The minimum absolute atomic E-state index is 0.0452. The van der Waals surface area contributed by atoms with Crippen LogP contribution in [-0.2, 0) is 6.54 Å². The summed E-state index contributed by atoms with van der Waals surface area (Å²) in [6.45, 7) is 6.25. The van der Waals surface area contributed by atoms with Crippen LogP contribution >= 0.6 is 11.3 Å². The number of hydrogen-bond acceptors (Lipinski definition) is 5. The predicted molar refractivity (Wildman–Crippen MR) is 108 cm³/mol. The number of amides is 2. The Balaban J connectivity index is 1.64. The summed E-state index contributed by atoms with van der Waals surface area (Å²) in [6, 6.07) is 9.06. The van der Waals surface area contributed by atoms with Crippen molar-refractivity contribution in [2.24, 2.45) is 0 Å². The van der Waals surface area contributed by atoms with Crippen molar-refractivity contribution in [2.45, 2.75) is 39.4 Å². The highest BCUT2D eigenvalue weighted by atomic mass is 32.1. The topological polar surface area (TPSA) is 88.9 Å². The maximum atomic E-state index is 12.6. The Morgan fingerprint density at radius 1 is 1.14 bits per heavy atom. The minimum Gasteiger partial charge on any atom is -0.349 e. The average Bonchev–Trinajstić information content (AvgIpc) is 3.33. The molecule has 0 fully saturated rings. The summed E-state index contributed by atoms with van der Waals surface area (Å²) in [7, 11) is 0. The zero-order chi connectivity index (χ0) is 20.1. The first-order valence-corrected chi connectivity index (χ1v) is 9.94. The first kappa shape index (κ1) is 19.8. The van der Waals surface area contributed by atoms with Gasteiger partial charge in [0.2, 0.25) is 0 Å². The number of nitrogens with one attached hydrogen (secondary N) is 2. The average molecular weight is 398 g/mol. The summed E-state index contributed by atoms with van der Waals surface area (Å²) in [5.41, 5.74) is 1.94. The lowest BCUT2D eigenvalue weighted by Gasteiger charge is -2.12. The largest absolute Gasteiger partial charge is 0.349 e. The molecule has 0 saturated carbocycles. The van der Waals surface area contributed by atoms with Gasteiger partial charge in [-0.15, -0.1) is 11.3 Å². The van der Waals surface area contributed by atoms with E-state index < -0.39 is 0 Å². The van der Waals surface area contributed by atoms with Crippen molar-refractivity contribution < 1.29 is 9.59 Å². The standard InChI is InChI=1S/C20H23N5O2S/c1-13(2)22-19(27)17-12-28-20(24-17)14(3)23-18(26)16-7-4-6-15(10-16)11-25-9-5-8-21-25/h4-10,12-14H,11H2,1-3H3,(H,22,27)(H,23,26)/t14-/m0/s1. The Morgan fingerprint density at radius 3 is 2.68 bits per heavy atom. The molecule has 0 saturated heterocycles. The van der Waals surface area contributed by atoms with Gasteiger partial charge in [-0.2, -0.15) is 5.10 Å². The van der Waals surface area contributed by atoms with E-state index >= 15 is 0 Å². The summed E-state index contributed by atoms with van der Waals surface area (Å²) in [4.78, 5) is 29.0. The van der Waals surface area contributed by atoms with Crippen LogP contribution in [-0.4, -0.2) is 32.6 Å². The quantitative estimate of drug-likeness (QED) is 0.641. The molecule has 1 atom stereocenters. The Kier molecular flexibility index (Phi) is 6.20. The predicted octanol–water partition coefficient (Wildman–Crippen LogP) is 3.02. The molecule has 0 aliphatic heterocycles.